The zero-order valence-corrected chi connectivity index (χ0v) is 30.5. The second kappa shape index (κ2) is 14.6. The predicted octanol–water partition coefficient (Wildman–Crippen LogP) is 2.72. The Balaban J connectivity index is 0.000000264. The first-order valence-corrected chi connectivity index (χ1v) is 19.1. The molecule has 2 aromatic heterocycles. The van der Waals surface area contributed by atoms with Crippen LogP contribution in [-0.4, -0.2) is 80.3 Å². The summed E-state index contributed by atoms with van der Waals surface area (Å²) >= 11 is 0. The summed E-state index contributed by atoms with van der Waals surface area (Å²) in [5.41, 5.74) is 7.92. The molecule has 1 aromatic carbocycles. The van der Waals surface area contributed by atoms with Gasteiger partial charge in [-0.1, -0.05) is 6.07 Å². The number of nitrogens with one attached hydrogen (secondary N) is 1. The van der Waals surface area contributed by atoms with Crippen molar-refractivity contribution in [3.8, 4) is 0 Å². The van der Waals surface area contributed by atoms with E-state index in [0.29, 0.717) is 13.1 Å². The van der Waals surface area contributed by atoms with Crippen molar-refractivity contribution in [3.63, 3.8) is 0 Å². The molecule has 0 saturated heterocycles. The molecule has 260 valence electrons. The van der Waals surface area contributed by atoms with Crippen LogP contribution in [0.1, 0.15) is 91.8 Å². The van der Waals surface area contributed by atoms with Crippen LogP contribution in [0.4, 0.5) is 0 Å². The van der Waals surface area contributed by atoms with Crippen LogP contribution in [0, 0.1) is 0 Å². The average molecular weight is 691 g/mol. The van der Waals surface area contributed by atoms with Gasteiger partial charge in [-0.3, -0.25) is 14.2 Å². The predicted molar refractivity (Wildman–Crippen MR) is 181 cm³/mol. The number of benzene rings is 1. The van der Waals surface area contributed by atoms with Crippen LogP contribution < -0.4 is 9.86 Å². The molecule has 0 aliphatic heterocycles. The van der Waals surface area contributed by atoms with Gasteiger partial charge in [0.25, 0.3) is 20.0 Å². The highest BCUT2D eigenvalue weighted by Gasteiger charge is 2.28. The summed E-state index contributed by atoms with van der Waals surface area (Å²) in [6.07, 6.45) is 6.38. The molecule has 0 fully saturated rings. The Bertz CT molecular complexity index is 1790. The second-order valence-corrected chi connectivity index (χ2v) is 16.7. The third kappa shape index (κ3) is 8.87. The van der Waals surface area contributed by atoms with Gasteiger partial charge in [0, 0.05) is 37.3 Å². The van der Waals surface area contributed by atoms with Crippen molar-refractivity contribution in [3.05, 3.63) is 57.4 Å². The Morgan fingerprint density at radius 1 is 0.787 bits per heavy atom. The first kappa shape index (κ1) is 36.7. The van der Waals surface area contributed by atoms with Crippen molar-refractivity contribution in [2.45, 2.75) is 108 Å². The molecule has 47 heavy (non-hydrogen) atoms. The minimum absolute atomic E-state index is 0.0177. The fourth-order valence-electron chi connectivity index (χ4n) is 6.41. The number of fused-ring (bicyclic) bond motifs is 2. The van der Waals surface area contributed by atoms with E-state index in [2.05, 4.69) is 21.0 Å². The minimum Gasteiger partial charge on any atom is -0.304 e. The smallest absolute Gasteiger partial charge is 0.283 e. The van der Waals surface area contributed by atoms with Gasteiger partial charge in [-0.25, -0.2) is 18.3 Å². The van der Waals surface area contributed by atoms with Crippen LogP contribution in [-0.2, 0) is 70.0 Å². The van der Waals surface area contributed by atoms with Gasteiger partial charge in [-0.15, -0.1) is 0 Å². The minimum atomic E-state index is -4.03. The van der Waals surface area contributed by atoms with Crippen LogP contribution in [0.15, 0.2) is 28.3 Å². The molecule has 13 nitrogen and oxygen atoms in total. The Morgan fingerprint density at radius 3 is 1.66 bits per heavy atom. The van der Waals surface area contributed by atoms with Crippen LogP contribution >= 0.6 is 0 Å². The molecule has 2 heterocycles. The van der Waals surface area contributed by atoms with Gasteiger partial charge < -0.3 is 9.80 Å². The Morgan fingerprint density at radius 2 is 1.23 bits per heavy atom. The molecule has 0 radical (unpaired) electrons. The molecule has 0 spiro atoms. The Kier molecular flexibility index (Phi) is 11.4. The van der Waals surface area contributed by atoms with Gasteiger partial charge in [0.1, 0.15) is 0 Å². The topological polar surface area (TPSA) is 166 Å². The molecule has 3 aromatic rings. The number of aromatic nitrogens is 4. The number of rotatable bonds is 11. The number of nitrogens with zero attached hydrogens (tertiary/aromatic N) is 6. The molecule has 1 amide bonds. The molecule has 15 heteroatoms. The summed E-state index contributed by atoms with van der Waals surface area (Å²) < 4.78 is 54.0. The molecule has 0 bridgehead atoms. The van der Waals surface area contributed by atoms with Gasteiger partial charge in [-0.05, 0) is 122 Å². The van der Waals surface area contributed by atoms with Gasteiger partial charge in [0.2, 0.25) is 5.91 Å². The number of amides is 1. The van der Waals surface area contributed by atoms with Crippen molar-refractivity contribution in [1.82, 2.24) is 34.1 Å². The van der Waals surface area contributed by atoms with Crippen LogP contribution in [0.25, 0.3) is 0 Å². The second-order valence-electron chi connectivity index (χ2n) is 13.6. The molecule has 2 aliphatic rings. The largest absolute Gasteiger partial charge is 0.304 e. The maximum Gasteiger partial charge on any atom is 0.283 e. The summed E-state index contributed by atoms with van der Waals surface area (Å²) in [6, 6.07) is 5.52. The monoisotopic (exact) mass is 690 g/mol. The lowest BCUT2D eigenvalue weighted by atomic mass is 9.92. The lowest BCUT2D eigenvalue weighted by Gasteiger charge is -2.15. The average Bonchev–Trinajstić information content (AvgIpc) is 3.73. The van der Waals surface area contributed by atoms with Gasteiger partial charge in [0.05, 0.1) is 17.8 Å². The van der Waals surface area contributed by atoms with Gasteiger partial charge in [0.15, 0.2) is 10.1 Å². The fraction of sp³-hybridized carbons (Fsp3) is 0.594. The molecule has 3 N–H and O–H groups in total. The normalized spacial score (nSPS) is 14.6. The van der Waals surface area contributed by atoms with E-state index in [-0.39, 0.29) is 28.6 Å². The number of hydrogen-bond acceptors (Lipinski definition) is 9. The number of carbonyl (C=O) groups excluding carboxylic acids is 1. The van der Waals surface area contributed by atoms with Crippen molar-refractivity contribution in [2.24, 2.45) is 5.14 Å². The lowest BCUT2D eigenvalue weighted by molar-refractivity contribution is -0.118. The quantitative estimate of drug-likeness (QED) is 0.308. The Hall–Kier alpha value is -3.11. The summed E-state index contributed by atoms with van der Waals surface area (Å²) in [4.78, 5) is 16.8. The first-order valence-electron chi connectivity index (χ1n) is 16.1. The SMILES string of the molecule is CC(C)n1nc(S(=O)(=O)NC(=O)Cc2c3c(cc4c2CCC4)CCC3)cc1CN(C)C.CC(C)n1nc(S(N)(=O)=O)cc1CN(C)C. The van der Waals surface area contributed by atoms with E-state index in [4.69, 9.17) is 5.14 Å². The summed E-state index contributed by atoms with van der Waals surface area (Å²) in [6.45, 7) is 8.99. The number of sulfonamides is 2. The number of nitrogens with two attached hydrogens (primary N) is 1. The molecule has 0 unspecified atom stereocenters. The molecular weight excluding hydrogens is 641 g/mol. The summed E-state index contributed by atoms with van der Waals surface area (Å²) in [5, 5.41) is 13.2. The molecule has 2 aliphatic carbocycles. The van der Waals surface area contributed by atoms with E-state index in [0.717, 1.165) is 55.5 Å². The first-order chi connectivity index (χ1) is 21.9. The van der Waals surface area contributed by atoms with E-state index in [1.165, 1.54) is 28.3 Å². The third-order valence-corrected chi connectivity index (χ3v) is 10.3. The third-order valence-electron chi connectivity index (χ3n) is 8.27. The molecule has 5 rings (SSSR count). The van der Waals surface area contributed by atoms with Gasteiger partial charge in [-0.2, -0.15) is 18.6 Å². The van der Waals surface area contributed by atoms with Crippen LogP contribution in [0.2, 0.25) is 0 Å². The highest BCUT2D eigenvalue weighted by molar-refractivity contribution is 7.90. The summed E-state index contributed by atoms with van der Waals surface area (Å²) in [7, 11) is -0.0890. The summed E-state index contributed by atoms with van der Waals surface area (Å²) in [5.74, 6) is -0.484. The number of primary sulfonamides is 1. The van der Waals surface area contributed by atoms with Crippen molar-refractivity contribution < 1.29 is 21.6 Å². The van der Waals surface area contributed by atoms with E-state index in [9.17, 15) is 21.6 Å². The lowest BCUT2D eigenvalue weighted by Crippen LogP contribution is -2.32. The maximum absolute atomic E-state index is 13.0. The molecular formula is C32H50N8O5S2. The number of carbonyl (C=O) groups is 1. The maximum atomic E-state index is 13.0. The number of hydrogen-bond donors (Lipinski definition) is 2. The highest BCUT2D eigenvalue weighted by Crippen LogP contribution is 2.35. The number of aryl methyl sites for hydroxylation is 2. The molecule has 0 saturated carbocycles. The van der Waals surface area contributed by atoms with Gasteiger partial charge >= 0.3 is 0 Å². The van der Waals surface area contributed by atoms with Crippen LogP contribution in [0.5, 0.6) is 0 Å². The van der Waals surface area contributed by atoms with E-state index in [1.54, 1.807) is 15.4 Å². The van der Waals surface area contributed by atoms with Crippen molar-refractivity contribution in [2.75, 3.05) is 28.2 Å². The van der Waals surface area contributed by atoms with E-state index < -0.39 is 26.0 Å². The van der Waals surface area contributed by atoms with E-state index in [1.807, 2.05) is 65.7 Å². The fourth-order valence-corrected chi connectivity index (χ4v) is 7.88. The van der Waals surface area contributed by atoms with Crippen molar-refractivity contribution in [1.29, 1.82) is 0 Å². The van der Waals surface area contributed by atoms with Crippen molar-refractivity contribution >= 4 is 26.0 Å². The zero-order valence-electron chi connectivity index (χ0n) is 28.9. The zero-order chi connectivity index (χ0) is 34.8. The van der Waals surface area contributed by atoms with E-state index >= 15 is 0 Å². The Labute approximate surface area is 279 Å². The molecule has 0 atom stereocenters. The standard InChI is InChI=1S/C23H32N4O3S.C9H18N4O2S/c1-15(2)27-18(14-26(3)4)12-23(24-27)31(29,30)25-22(28)13-21-19-9-5-7-16(19)11-17-8-6-10-20(17)21;1-7(2)13-8(6-12(3)4)5-9(11-13)16(10,14)15/h11-12,15H,5-10,13-14H2,1-4H3,(H,25,28);5,7H,6H2,1-4H3,(H2,10,14,15). The van der Waals surface area contributed by atoms with Crippen LogP contribution in [0.3, 0.4) is 0 Å². The highest BCUT2D eigenvalue weighted by atomic mass is 32.2.